The molecule has 0 bridgehead atoms. The van der Waals surface area contributed by atoms with Crippen molar-refractivity contribution in [3.05, 3.63) is 60.2 Å². The molecular weight excluding hydrogens is 260 g/mol. The van der Waals surface area contributed by atoms with E-state index in [-0.39, 0.29) is 11.8 Å². The van der Waals surface area contributed by atoms with E-state index in [9.17, 15) is 9.59 Å². The first-order valence-corrected chi connectivity index (χ1v) is 5.51. The van der Waals surface area contributed by atoms with Crippen molar-refractivity contribution in [2.75, 3.05) is 0 Å². The number of aromatic nitrogens is 2. The highest BCUT2D eigenvalue weighted by atomic mass is 16.2. The summed E-state index contributed by atoms with van der Waals surface area (Å²) in [6.07, 6.45) is 6.07. The lowest BCUT2D eigenvalue weighted by Gasteiger charge is -1.95. The Morgan fingerprint density at radius 2 is 1.25 bits per heavy atom. The van der Waals surface area contributed by atoms with E-state index in [0.717, 1.165) is 0 Å². The number of amides is 2. The van der Waals surface area contributed by atoms with E-state index in [1.54, 1.807) is 36.7 Å². The Labute approximate surface area is 115 Å². The number of carbonyl (C=O) groups excluding carboxylic acids is 2. The molecule has 0 atom stereocenters. The molecule has 0 aliphatic carbocycles. The molecule has 0 saturated heterocycles. The van der Waals surface area contributed by atoms with Gasteiger partial charge >= 0.3 is 0 Å². The molecule has 2 aromatic heterocycles. The predicted molar refractivity (Wildman–Crippen MR) is 71.8 cm³/mol. The molecule has 0 radical (unpaired) electrons. The third-order valence-electron chi connectivity index (χ3n) is 2.11. The second-order valence-corrected chi connectivity index (χ2v) is 3.43. The van der Waals surface area contributed by atoms with E-state index >= 15 is 0 Å². The molecular formula is C12H14N6O2. The molecule has 0 fully saturated rings. The molecule has 0 unspecified atom stereocenters. The molecule has 0 aromatic carbocycles. The van der Waals surface area contributed by atoms with E-state index in [1.807, 2.05) is 10.9 Å². The molecule has 2 aromatic rings. The van der Waals surface area contributed by atoms with Crippen molar-refractivity contribution in [2.45, 2.75) is 0 Å². The van der Waals surface area contributed by atoms with Gasteiger partial charge in [-0.05, 0) is 24.3 Å². The van der Waals surface area contributed by atoms with Gasteiger partial charge in [0.2, 0.25) is 0 Å². The first-order valence-electron chi connectivity index (χ1n) is 5.51. The smallest absolute Gasteiger partial charge is 0.266 e. The predicted octanol–water partition coefficient (Wildman–Crippen LogP) is -0.630. The second-order valence-electron chi connectivity index (χ2n) is 3.43. The summed E-state index contributed by atoms with van der Waals surface area (Å²) < 4.78 is 0. The molecule has 0 aliphatic rings. The van der Waals surface area contributed by atoms with Crippen molar-refractivity contribution in [1.29, 1.82) is 0 Å². The largest absolute Gasteiger partial charge is 0.290 e. The Bertz CT molecular complexity index is 495. The second kappa shape index (κ2) is 8.29. The maximum Gasteiger partial charge on any atom is 0.266 e. The van der Waals surface area contributed by atoms with Crippen LogP contribution >= 0.6 is 0 Å². The lowest BCUT2D eigenvalue weighted by Crippen LogP contribution is -2.29. The molecule has 20 heavy (non-hydrogen) atoms. The van der Waals surface area contributed by atoms with Gasteiger partial charge in [-0.25, -0.2) is 11.7 Å². The molecule has 2 heterocycles. The van der Waals surface area contributed by atoms with E-state index in [2.05, 4.69) is 9.97 Å². The number of nitrogens with zero attached hydrogens (tertiary/aromatic N) is 2. The highest BCUT2D eigenvalue weighted by Gasteiger charge is 2.00. The molecule has 0 saturated carbocycles. The molecule has 104 valence electrons. The zero-order valence-corrected chi connectivity index (χ0v) is 10.5. The van der Waals surface area contributed by atoms with Crippen LogP contribution in [-0.4, -0.2) is 21.8 Å². The number of hydrogen-bond acceptors (Lipinski definition) is 6. The number of nitrogens with two attached hydrogens (primary N) is 2. The summed E-state index contributed by atoms with van der Waals surface area (Å²) in [6, 6.07) is 6.61. The number of nitrogens with one attached hydrogen (secondary N) is 2. The van der Waals surface area contributed by atoms with Gasteiger partial charge in [0.05, 0.1) is 11.1 Å². The number of rotatable bonds is 2. The number of carbonyl (C=O) groups is 2. The maximum atomic E-state index is 10.7. The minimum atomic E-state index is -0.326. The van der Waals surface area contributed by atoms with Crippen LogP contribution in [0.25, 0.3) is 0 Å². The fourth-order valence-electron chi connectivity index (χ4n) is 1.16. The van der Waals surface area contributed by atoms with Crippen LogP contribution < -0.4 is 22.5 Å². The van der Waals surface area contributed by atoms with Crippen molar-refractivity contribution in [1.82, 2.24) is 20.8 Å². The van der Waals surface area contributed by atoms with Crippen LogP contribution in [0, 0.1) is 0 Å². The third-order valence-corrected chi connectivity index (χ3v) is 2.11. The molecule has 8 heteroatoms. The Hall–Kier alpha value is -2.84. The van der Waals surface area contributed by atoms with Crippen molar-refractivity contribution in [3.63, 3.8) is 0 Å². The van der Waals surface area contributed by atoms with Gasteiger partial charge in [0.25, 0.3) is 11.8 Å². The summed E-state index contributed by atoms with van der Waals surface area (Å²) >= 11 is 0. The van der Waals surface area contributed by atoms with Crippen LogP contribution in [0.3, 0.4) is 0 Å². The summed E-state index contributed by atoms with van der Waals surface area (Å²) in [4.78, 5) is 28.9. The molecule has 0 aliphatic heterocycles. The van der Waals surface area contributed by atoms with Gasteiger partial charge in [-0.2, -0.15) is 0 Å². The van der Waals surface area contributed by atoms with Gasteiger partial charge in [0.1, 0.15) is 0 Å². The topological polar surface area (TPSA) is 136 Å². The Morgan fingerprint density at radius 3 is 1.50 bits per heavy atom. The fraction of sp³-hybridized carbons (Fsp3) is 0. The summed E-state index contributed by atoms with van der Waals surface area (Å²) in [5, 5.41) is 0. The highest BCUT2D eigenvalue weighted by Crippen LogP contribution is 1.93. The molecule has 0 spiro atoms. The van der Waals surface area contributed by atoms with Gasteiger partial charge in [-0.1, -0.05) is 0 Å². The first-order chi connectivity index (χ1) is 9.69. The molecule has 6 N–H and O–H groups in total. The van der Waals surface area contributed by atoms with Gasteiger partial charge < -0.3 is 0 Å². The molecule has 2 rings (SSSR count). The SMILES string of the molecule is NNC(=O)c1cccnc1.NNC(=O)c1cccnc1. The third kappa shape index (κ3) is 4.80. The van der Waals surface area contributed by atoms with E-state index in [1.165, 1.54) is 12.4 Å². The average Bonchev–Trinajstić information content (AvgIpc) is 2.55. The van der Waals surface area contributed by atoms with Crippen molar-refractivity contribution in [2.24, 2.45) is 11.7 Å². The lowest BCUT2D eigenvalue weighted by molar-refractivity contribution is 0.0945. The summed E-state index contributed by atoms with van der Waals surface area (Å²) in [5.74, 6) is 9.10. The maximum absolute atomic E-state index is 10.7. The zero-order chi connectivity index (χ0) is 14.8. The summed E-state index contributed by atoms with van der Waals surface area (Å²) in [6.45, 7) is 0. The lowest BCUT2D eigenvalue weighted by atomic mass is 10.3. The van der Waals surface area contributed by atoms with Gasteiger partial charge in [0.15, 0.2) is 0 Å². The minimum absolute atomic E-state index is 0.326. The van der Waals surface area contributed by atoms with E-state index in [0.29, 0.717) is 11.1 Å². The summed E-state index contributed by atoms with van der Waals surface area (Å²) in [7, 11) is 0. The van der Waals surface area contributed by atoms with Crippen LogP contribution in [-0.2, 0) is 0 Å². The van der Waals surface area contributed by atoms with Gasteiger partial charge in [-0.3, -0.25) is 30.4 Å². The zero-order valence-electron chi connectivity index (χ0n) is 10.5. The Balaban J connectivity index is 0.000000200. The monoisotopic (exact) mass is 274 g/mol. The normalized spacial score (nSPS) is 8.90. The van der Waals surface area contributed by atoms with Crippen LogP contribution in [0.1, 0.15) is 20.7 Å². The fourth-order valence-corrected chi connectivity index (χ4v) is 1.16. The number of pyridine rings is 2. The average molecular weight is 274 g/mol. The Morgan fingerprint density at radius 1 is 0.850 bits per heavy atom. The molecule has 8 nitrogen and oxygen atoms in total. The highest BCUT2D eigenvalue weighted by molar-refractivity contribution is 5.93. The van der Waals surface area contributed by atoms with Crippen LogP contribution in [0.2, 0.25) is 0 Å². The van der Waals surface area contributed by atoms with Gasteiger partial charge in [-0.15, -0.1) is 0 Å². The van der Waals surface area contributed by atoms with Crippen molar-refractivity contribution in [3.8, 4) is 0 Å². The quantitative estimate of drug-likeness (QED) is 0.327. The van der Waals surface area contributed by atoms with Crippen LogP contribution in [0.5, 0.6) is 0 Å². The van der Waals surface area contributed by atoms with Crippen molar-refractivity contribution < 1.29 is 9.59 Å². The standard InChI is InChI=1S/2C6H7N3O/c2*7-9-6(10)5-2-1-3-8-4-5/h2*1-4H,7H2,(H,9,10). The number of hydrazine groups is 2. The number of hydrogen-bond donors (Lipinski definition) is 4. The van der Waals surface area contributed by atoms with Gasteiger partial charge in [0, 0.05) is 24.8 Å². The van der Waals surface area contributed by atoms with Crippen LogP contribution in [0.15, 0.2) is 49.1 Å². The van der Waals surface area contributed by atoms with Crippen molar-refractivity contribution >= 4 is 11.8 Å². The minimum Gasteiger partial charge on any atom is -0.290 e. The van der Waals surface area contributed by atoms with E-state index < -0.39 is 0 Å². The first kappa shape index (κ1) is 15.2. The summed E-state index contributed by atoms with van der Waals surface area (Å²) in [5.41, 5.74) is 4.93. The Kier molecular flexibility index (Phi) is 6.31. The van der Waals surface area contributed by atoms with Crippen LogP contribution in [0.4, 0.5) is 0 Å². The van der Waals surface area contributed by atoms with E-state index in [4.69, 9.17) is 11.7 Å². The molecule has 2 amide bonds. The number of nitrogen functional groups attached to an aromatic ring is 2.